The van der Waals surface area contributed by atoms with Crippen molar-refractivity contribution < 1.29 is 19.0 Å². The van der Waals surface area contributed by atoms with Crippen LogP contribution in [0.15, 0.2) is 30.3 Å². The highest BCUT2D eigenvalue weighted by Crippen LogP contribution is 2.47. The average molecular weight is 292 g/mol. The van der Waals surface area contributed by atoms with Gasteiger partial charge in [-0.1, -0.05) is 44.2 Å². The number of rotatable bonds is 3. The maximum Gasteiger partial charge on any atom is 0.509 e. The van der Waals surface area contributed by atoms with Gasteiger partial charge < -0.3 is 14.2 Å². The van der Waals surface area contributed by atoms with Gasteiger partial charge in [0, 0.05) is 0 Å². The Bertz CT molecular complexity index is 489. The van der Waals surface area contributed by atoms with Crippen molar-refractivity contribution >= 4 is 6.16 Å². The highest BCUT2D eigenvalue weighted by atomic mass is 16.8. The predicted molar refractivity (Wildman–Crippen MR) is 80.0 cm³/mol. The summed E-state index contributed by atoms with van der Waals surface area (Å²) in [5.41, 5.74) is -0.216. The van der Waals surface area contributed by atoms with Gasteiger partial charge in [0.25, 0.3) is 0 Å². The Hall–Kier alpha value is -1.55. The fourth-order valence-electron chi connectivity index (χ4n) is 2.43. The fourth-order valence-corrected chi connectivity index (χ4v) is 2.43. The lowest BCUT2D eigenvalue weighted by Crippen LogP contribution is -2.59. The molecule has 1 aliphatic heterocycles. The highest BCUT2D eigenvalue weighted by molar-refractivity contribution is 5.61. The molecule has 21 heavy (non-hydrogen) atoms. The lowest BCUT2D eigenvalue weighted by Gasteiger charge is -2.50. The first-order valence-electron chi connectivity index (χ1n) is 7.33. The van der Waals surface area contributed by atoms with Crippen molar-refractivity contribution in [3.05, 3.63) is 35.9 Å². The van der Waals surface area contributed by atoms with Crippen LogP contribution >= 0.6 is 0 Å². The monoisotopic (exact) mass is 292 g/mol. The van der Waals surface area contributed by atoms with Crippen molar-refractivity contribution in [3.8, 4) is 0 Å². The van der Waals surface area contributed by atoms with Gasteiger partial charge in [-0.25, -0.2) is 4.79 Å². The van der Waals surface area contributed by atoms with Crippen LogP contribution < -0.4 is 0 Å². The van der Waals surface area contributed by atoms with Crippen molar-refractivity contribution in [1.82, 2.24) is 0 Å². The van der Waals surface area contributed by atoms with E-state index in [1.807, 2.05) is 65.0 Å². The Labute approximate surface area is 126 Å². The Balaban J connectivity index is 2.17. The third-order valence-electron chi connectivity index (χ3n) is 3.66. The van der Waals surface area contributed by atoms with E-state index < -0.39 is 17.4 Å². The van der Waals surface area contributed by atoms with E-state index in [-0.39, 0.29) is 12.0 Å². The van der Waals surface area contributed by atoms with Gasteiger partial charge in [0.1, 0.15) is 11.7 Å². The maximum absolute atomic E-state index is 12.0. The Morgan fingerprint density at radius 2 is 1.90 bits per heavy atom. The molecular formula is C17H24O4. The smallest absolute Gasteiger partial charge is 0.429 e. The van der Waals surface area contributed by atoms with E-state index in [4.69, 9.17) is 14.2 Å². The molecule has 0 saturated carbocycles. The molecular weight excluding hydrogens is 268 g/mol. The second-order valence-electron chi connectivity index (χ2n) is 6.78. The van der Waals surface area contributed by atoms with Crippen molar-refractivity contribution in [1.29, 1.82) is 0 Å². The van der Waals surface area contributed by atoms with E-state index in [9.17, 15) is 4.79 Å². The van der Waals surface area contributed by atoms with Crippen molar-refractivity contribution in [3.63, 3.8) is 0 Å². The quantitative estimate of drug-likeness (QED) is 0.787. The van der Waals surface area contributed by atoms with Crippen molar-refractivity contribution in [2.24, 2.45) is 5.92 Å². The maximum atomic E-state index is 12.0. The van der Waals surface area contributed by atoms with Gasteiger partial charge in [-0.05, 0) is 32.3 Å². The zero-order valence-corrected chi connectivity index (χ0v) is 13.4. The molecule has 4 nitrogen and oxygen atoms in total. The van der Waals surface area contributed by atoms with E-state index in [1.54, 1.807) is 0 Å². The number of benzene rings is 1. The average Bonchev–Trinajstić information content (AvgIpc) is 2.33. The molecule has 1 heterocycles. The molecule has 2 rings (SSSR count). The van der Waals surface area contributed by atoms with Crippen LogP contribution in [-0.2, 0) is 14.2 Å². The number of carbonyl (C=O) groups is 1. The van der Waals surface area contributed by atoms with Crippen LogP contribution in [0.25, 0.3) is 0 Å². The van der Waals surface area contributed by atoms with Crippen LogP contribution in [-0.4, -0.2) is 24.0 Å². The number of carbonyl (C=O) groups excluding carboxylic acids is 1. The van der Waals surface area contributed by atoms with E-state index in [1.165, 1.54) is 0 Å². The van der Waals surface area contributed by atoms with Gasteiger partial charge in [-0.2, -0.15) is 0 Å². The summed E-state index contributed by atoms with van der Waals surface area (Å²) in [6.07, 6.45) is -0.883. The van der Waals surface area contributed by atoms with Gasteiger partial charge >= 0.3 is 6.16 Å². The molecule has 0 aliphatic carbocycles. The van der Waals surface area contributed by atoms with Crippen LogP contribution in [0.1, 0.15) is 46.3 Å². The number of ether oxygens (including phenoxy) is 3. The molecule has 0 aromatic heterocycles. The van der Waals surface area contributed by atoms with Crippen LogP contribution in [0.3, 0.4) is 0 Å². The molecule has 0 amide bonds. The summed E-state index contributed by atoms with van der Waals surface area (Å²) in [4.78, 5) is 12.0. The summed E-state index contributed by atoms with van der Waals surface area (Å²) in [7, 11) is 0. The molecule has 2 atom stereocenters. The van der Waals surface area contributed by atoms with E-state index >= 15 is 0 Å². The van der Waals surface area contributed by atoms with Crippen LogP contribution in [0.5, 0.6) is 0 Å². The second-order valence-corrected chi connectivity index (χ2v) is 6.78. The zero-order valence-electron chi connectivity index (χ0n) is 13.4. The molecule has 0 spiro atoms. The lowest BCUT2D eigenvalue weighted by atomic mass is 9.78. The Morgan fingerprint density at radius 3 is 2.33 bits per heavy atom. The molecule has 1 saturated heterocycles. The molecule has 1 aromatic rings. The third kappa shape index (κ3) is 3.38. The van der Waals surface area contributed by atoms with E-state index in [2.05, 4.69) is 0 Å². The Morgan fingerprint density at radius 1 is 1.29 bits per heavy atom. The number of hydrogen-bond donors (Lipinski definition) is 0. The van der Waals surface area contributed by atoms with Crippen molar-refractivity contribution in [2.45, 2.75) is 51.9 Å². The molecule has 116 valence electrons. The summed E-state index contributed by atoms with van der Waals surface area (Å²) < 4.78 is 16.7. The fraction of sp³-hybridized carbons (Fsp3) is 0.588. The minimum atomic E-state index is -0.663. The summed E-state index contributed by atoms with van der Waals surface area (Å²) in [5.74, 6) is 0.129. The molecule has 1 fully saturated rings. The van der Waals surface area contributed by atoms with Gasteiger partial charge in [-0.3, -0.25) is 0 Å². The number of hydrogen-bond acceptors (Lipinski definition) is 4. The van der Waals surface area contributed by atoms with Gasteiger partial charge in [0.2, 0.25) is 0 Å². The largest absolute Gasteiger partial charge is 0.509 e. The van der Waals surface area contributed by atoms with Crippen LogP contribution in [0, 0.1) is 5.92 Å². The topological polar surface area (TPSA) is 44.8 Å². The first kappa shape index (κ1) is 15.8. The molecule has 0 unspecified atom stereocenters. The SMILES string of the molecule is CC(C)[C@@]1(OC(=O)OC(C)(C)C)CO[C@H]1c1ccccc1. The van der Waals surface area contributed by atoms with Crippen molar-refractivity contribution in [2.75, 3.05) is 6.61 Å². The first-order chi connectivity index (χ1) is 9.74. The second kappa shape index (κ2) is 5.68. The predicted octanol–water partition coefficient (Wildman–Crippen LogP) is 4.10. The normalized spacial score (nSPS) is 25.3. The van der Waals surface area contributed by atoms with Gasteiger partial charge in [0.15, 0.2) is 5.60 Å². The summed E-state index contributed by atoms with van der Waals surface area (Å²) >= 11 is 0. The van der Waals surface area contributed by atoms with Crippen LogP contribution in [0.4, 0.5) is 4.79 Å². The summed E-state index contributed by atoms with van der Waals surface area (Å²) in [6, 6.07) is 9.83. The molecule has 0 N–H and O–H groups in total. The summed E-state index contributed by atoms with van der Waals surface area (Å²) in [6.45, 7) is 9.92. The Kier molecular flexibility index (Phi) is 4.28. The van der Waals surface area contributed by atoms with E-state index in [0.717, 1.165) is 5.56 Å². The molecule has 1 aromatic carbocycles. The minimum Gasteiger partial charge on any atom is -0.429 e. The summed E-state index contributed by atoms with van der Waals surface area (Å²) in [5, 5.41) is 0. The molecule has 4 heteroatoms. The van der Waals surface area contributed by atoms with Gasteiger partial charge in [-0.15, -0.1) is 0 Å². The third-order valence-corrected chi connectivity index (χ3v) is 3.66. The zero-order chi connectivity index (χ0) is 15.7. The lowest BCUT2D eigenvalue weighted by molar-refractivity contribution is -0.268. The molecule has 0 bridgehead atoms. The van der Waals surface area contributed by atoms with E-state index in [0.29, 0.717) is 6.61 Å². The minimum absolute atomic E-state index is 0.129. The molecule has 0 radical (unpaired) electrons. The highest BCUT2D eigenvalue weighted by Gasteiger charge is 2.55. The van der Waals surface area contributed by atoms with Gasteiger partial charge in [0.05, 0.1) is 6.61 Å². The first-order valence-corrected chi connectivity index (χ1v) is 7.33. The standard InChI is InChI=1S/C17H24O4/c1-12(2)17(21-15(18)20-16(3,4)5)11-19-14(17)13-9-7-6-8-10-13/h6-10,12,14H,11H2,1-5H3/t14-,17-/m0/s1. The molecule has 1 aliphatic rings. The van der Waals surface area contributed by atoms with Crippen LogP contribution in [0.2, 0.25) is 0 Å².